The molecule has 3 saturated heterocycles. The highest BCUT2D eigenvalue weighted by Crippen LogP contribution is 2.37. The first kappa shape index (κ1) is 19.4. The van der Waals surface area contributed by atoms with Crippen LogP contribution in [0.15, 0.2) is 30.3 Å². The van der Waals surface area contributed by atoms with E-state index in [4.69, 9.17) is 0 Å². The van der Waals surface area contributed by atoms with Gasteiger partial charge in [-0.3, -0.25) is 4.90 Å². The molecule has 3 aliphatic rings. The van der Waals surface area contributed by atoms with E-state index < -0.39 is 9.84 Å². The minimum absolute atomic E-state index is 0.138. The lowest BCUT2D eigenvalue weighted by atomic mass is 9.99. The third-order valence-corrected chi connectivity index (χ3v) is 9.22. The Morgan fingerprint density at radius 1 is 1.07 bits per heavy atom. The van der Waals surface area contributed by atoms with Gasteiger partial charge in [0, 0.05) is 37.6 Å². The van der Waals surface area contributed by atoms with E-state index >= 15 is 0 Å². The average molecular weight is 392 g/mol. The van der Waals surface area contributed by atoms with Gasteiger partial charge in [0.25, 0.3) is 0 Å². The van der Waals surface area contributed by atoms with Crippen LogP contribution in [0.3, 0.4) is 0 Å². The quantitative estimate of drug-likeness (QED) is 0.758. The molecule has 0 aliphatic carbocycles. The van der Waals surface area contributed by atoms with E-state index in [9.17, 15) is 8.42 Å². The van der Waals surface area contributed by atoms with Crippen LogP contribution in [0.25, 0.3) is 0 Å². The number of sulfone groups is 1. The number of fused-ring (bicyclic) bond motifs is 1. The number of benzene rings is 1. The second-order valence-corrected chi connectivity index (χ2v) is 11.1. The van der Waals surface area contributed by atoms with Crippen molar-refractivity contribution in [2.75, 3.05) is 52.6 Å². The van der Waals surface area contributed by atoms with Crippen LogP contribution in [-0.4, -0.2) is 93.0 Å². The molecule has 0 unspecified atom stereocenters. The molecule has 0 N–H and O–H groups in total. The first-order valence-electron chi connectivity index (χ1n) is 10.3. The number of rotatable bonds is 5. The van der Waals surface area contributed by atoms with Crippen LogP contribution in [0, 0.1) is 5.92 Å². The summed E-state index contributed by atoms with van der Waals surface area (Å²) in [5.41, 5.74) is 1.41. The fourth-order valence-corrected chi connectivity index (χ4v) is 7.82. The van der Waals surface area contributed by atoms with Crippen molar-refractivity contribution < 1.29 is 8.42 Å². The second kappa shape index (κ2) is 7.82. The van der Waals surface area contributed by atoms with E-state index in [1.807, 2.05) is 14.1 Å². The first-order valence-corrected chi connectivity index (χ1v) is 12.0. The zero-order chi connectivity index (χ0) is 19.0. The lowest BCUT2D eigenvalue weighted by Gasteiger charge is -2.37. The molecule has 0 aromatic heterocycles. The predicted molar refractivity (Wildman–Crippen MR) is 110 cm³/mol. The van der Waals surface area contributed by atoms with Crippen LogP contribution in [-0.2, 0) is 16.3 Å². The van der Waals surface area contributed by atoms with E-state index in [0.717, 1.165) is 39.1 Å². The van der Waals surface area contributed by atoms with Gasteiger partial charge in [0.1, 0.15) is 0 Å². The minimum atomic E-state index is -2.93. The van der Waals surface area contributed by atoms with Crippen LogP contribution in [0.4, 0.5) is 0 Å². The summed E-state index contributed by atoms with van der Waals surface area (Å²) < 4.78 is 25.2. The van der Waals surface area contributed by atoms with E-state index in [1.165, 1.54) is 18.4 Å². The molecule has 4 rings (SSSR count). The lowest BCUT2D eigenvalue weighted by Crippen LogP contribution is -2.46. The maximum absolute atomic E-state index is 12.6. The molecule has 3 fully saturated rings. The van der Waals surface area contributed by atoms with Gasteiger partial charge >= 0.3 is 0 Å². The van der Waals surface area contributed by atoms with Crippen LogP contribution in [0.1, 0.15) is 18.4 Å². The summed E-state index contributed by atoms with van der Waals surface area (Å²) in [5.74, 6) is 0.641. The Morgan fingerprint density at radius 2 is 1.78 bits per heavy atom. The summed E-state index contributed by atoms with van der Waals surface area (Å²) >= 11 is 0. The molecule has 3 heterocycles. The van der Waals surface area contributed by atoms with Crippen molar-refractivity contribution in [1.82, 2.24) is 14.7 Å². The van der Waals surface area contributed by atoms with Crippen molar-refractivity contribution in [2.24, 2.45) is 5.92 Å². The highest BCUT2D eigenvalue weighted by Gasteiger charge is 2.53. The summed E-state index contributed by atoms with van der Waals surface area (Å²) in [5, 5.41) is -0.138. The summed E-state index contributed by atoms with van der Waals surface area (Å²) in [6.45, 7) is 5.10. The van der Waals surface area contributed by atoms with Crippen molar-refractivity contribution in [3.05, 3.63) is 35.9 Å². The predicted octanol–water partition coefficient (Wildman–Crippen LogP) is 1.35. The maximum Gasteiger partial charge on any atom is 0.156 e. The molecule has 0 saturated carbocycles. The molecule has 0 bridgehead atoms. The van der Waals surface area contributed by atoms with Crippen LogP contribution in [0.5, 0.6) is 0 Å². The smallest absolute Gasteiger partial charge is 0.156 e. The normalized spacial score (nSPS) is 32.2. The fraction of sp³-hybridized carbons (Fsp3) is 0.714. The third kappa shape index (κ3) is 4.09. The standard InChI is InChI=1S/C21H33N3O2S/c1-22(2)20-16-27(25,26)21-15-24(14-19(20)21)18-9-12-23(13-10-18)11-8-17-6-4-3-5-7-17/h3-7,18-21H,8-16H2,1-2H3/t19-,20+,21-/m0/s1. The zero-order valence-electron chi connectivity index (χ0n) is 16.6. The van der Waals surface area contributed by atoms with Gasteiger partial charge in [-0.15, -0.1) is 0 Å². The molecule has 0 radical (unpaired) electrons. The van der Waals surface area contributed by atoms with Crippen molar-refractivity contribution in [3.8, 4) is 0 Å². The Balaban J connectivity index is 1.29. The molecular weight excluding hydrogens is 358 g/mol. The average Bonchev–Trinajstić information content (AvgIpc) is 3.21. The number of hydrogen-bond acceptors (Lipinski definition) is 5. The Kier molecular flexibility index (Phi) is 5.61. The molecule has 27 heavy (non-hydrogen) atoms. The van der Waals surface area contributed by atoms with Crippen molar-refractivity contribution >= 4 is 9.84 Å². The molecule has 6 heteroatoms. The van der Waals surface area contributed by atoms with Crippen LogP contribution < -0.4 is 0 Å². The van der Waals surface area contributed by atoms with Crippen molar-refractivity contribution in [1.29, 1.82) is 0 Å². The molecule has 5 nitrogen and oxygen atoms in total. The zero-order valence-corrected chi connectivity index (χ0v) is 17.4. The monoisotopic (exact) mass is 391 g/mol. The fourth-order valence-electron chi connectivity index (χ4n) is 5.33. The Morgan fingerprint density at radius 3 is 2.44 bits per heavy atom. The van der Waals surface area contributed by atoms with Gasteiger partial charge < -0.3 is 9.80 Å². The first-order chi connectivity index (χ1) is 12.9. The van der Waals surface area contributed by atoms with E-state index in [-0.39, 0.29) is 11.3 Å². The largest absolute Gasteiger partial charge is 0.305 e. The molecule has 3 aliphatic heterocycles. The molecule has 150 valence electrons. The molecular formula is C21H33N3O2S. The molecule has 3 atom stereocenters. The van der Waals surface area contributed by atoms with Gasteiger partial charge in [0.05, 0.1) is 11.0 Å². The highest BCUT2D eigenvalue weighted by molar-refractivity contribution is 7.92. The SMILES string of the molecule is CN(C)[C@@H]1CS(=O)(=O)[C@H]2CN(C3CCN(CCc4ccccc4)CC3)C[C@@H]12. The van der Waals surface area contributed by atoms with Gasteiger partial charge in [-0.2, -0.15) is 0 Å². The molecule has 0 spiro atoms. The van der Waals surface area contributed by atoms with Crippen molar-refractivity contribution in [3.63, 3.8) is 0 Å². The Hall–Kier alpha value is -0.950. The van der Waals surface area contributed by atoms with Gasteiger partial charge in [-0.05, 0) is 52.0 Å². The van der Waals surface area contributed by atoms with Crippen molar-refractivity contribution in [2.45, 2.75) is 36.6 Å². The van der Waals surface area contributed by atoms with E-state index in [0.29, 0.717) is 17.7 Å². The van der Waals surface area contributed by atoms with Gasteiger partial charge in [-0.1, -0.05) is 30.3 Å². The van der Waals surface area contributed by atoms with Crippen LogP contribution in [0.2, 0.25) is 0 Å². The number of likely N-dealkylation sites (tertiary alicyclic amines) is 2. The number of nitrogens with zero attached hydrogens (tertiary/aromatic N) is 3. The summed E-state index contributed by atoms with van der Waals surface area (Å²) in [6, 6.07) is 11.5. The number of piperidine rings is 1. The summed E-state index contributed by atoms with van der Waals surface area (Å²) in [6.07, 6.45) is 3.45. The Labute approximate surface area is 164 Å². The van der Waals surface area contributed by atoms with Gasteiger partial charge in [0.15, 0.2) is 9.84 Å². The van der Waals surface area contributed by atoms with E-state index in [1.54, 1.807) is 0 Å². The topological polar surface area (TPSA) is 43.9 Å². The summed E-state index contributed by atoms with van der Waals surface area (Å²) in [7, 11) is 1.12. The third-order valence-electron chi connectivity index (χ3n) is 6.99. The second-order valence-electron chi connectivity index (χ2n) is 8.83. The summed E-state index contributed by atoms with van der Waals surface area (Å²) in [4.78, 5) is 7.19. The highest BCUT2D eigenvalue weighted by atomic mass is 32.2. The van der Waals surface area contributed by atoms with Gasteiger partial charge in [0.2, 0.25) is 0 Å². The maximum atomic E-state index is 12.6. The molecule has 0 amide bonds. The molecule has 1 aromatic rings. The van der Waals surface area contributed by atoms with Crippen LogP contribution >= 0.6 is 0 Å². The molecule has 1 aromatic carbocycles. The van der Waals surface area contributed by atoms with Gasteiger partial charge in [-0.25, -0.2) is 8.42 Å². The Bertz CT molecular complexity index is 729. The minimum Gasteiger partial charge on any atom is -0.305 e. The number of hydrogen-bond donors (Lipinski definition) is 0. The lowest BCUT2D eigenvalue weighted by molar-refractivity contribution is 0.119. The van der Waals surface area contributed by atoms with E-state index in [2.05, 4.69) is 45.0 Å².